The molecule has 4 nitrogen and oxygen atoms in total. The van der Waals surface area contributed by atoms with Crippen LogP contribution in [0.15, 0.2) is 18.2 Å². The van der Waals surface area contributed by atoms with Gasteiger partial charge in [-0.3, -0.25) is 4.79 Å². The maximum absolute atomic E-state index is 12.1. The second-order valence-electron chi connectivity index (χ2n) is 5.62. The first-order chi connectivity index (χ1) is 10.2. The Balaban J connectivity index is 1.95. The molecule has 21 heavy (non-hydrogen) atoms. The highest BCUT2D eigenvalue weighted by Crippen LogP contribution is 2.23. The molecule has 2 rings (SSSR count). The van der Waals surface area contributed by atoms with Crippen LogP contribution in [-0.4, -0.2) is 37.0 Å². The standard InChI is InChI=1S/C17H26N2O2/c1-3-9-18-12-15-8-6-7-14(2)17(15)21-13-16(20)19-10-4-5-11-19/h6-8,18H,3-5,9-13H2,1-2H3. The number of para-hydroxylation sites is 1. The number of carbonyl (C=O) groups is 1. The van der Waals surface area contributed by atoms with Gasteiger partial charge in [0.1, 0.15) is 5.75 Å². The molecule has 1 aromatic rings. The molecule has 1 saturated heterocycles. The van der Waals surface area contributed by atoms with Crippen LogP contribution in [0.25, 0.3) is 0 Å². The summed E-state index contributed by atoms with van der Waals surface area (Å²) in [5.41, 5.74) is 2.21. The third kappa shape index (κ3) is 4.46. The maximum atomic E-state index is 12.1. The van der Waals surface area contributed by atoms with E-state index in [1.165, 1.54) is 0 Å². The summed E-state index contributed by atoms with van der Waals surface area (Å²) in [6.07, 6.45) is 3.33. The molecule has 1 aliphatic rings. The number of likely N-dealkylation sites (tertiary alicyclic amines) is 1. The molecular formula is C17H26N2O2. The van der Waals surface area contributed by atoms with Crippen molar-refractivity contribution in [1.82, 2.24) is 10.2 Å². The quantitative estimate of drug-likeness (QED) is 0.785. The van der Waals surface area contributed by atoms with Gasteiger partial charge in [-0.05, 0) is 38.3 Å². The monoisotopic (exact) mass is 290 g/mol. The molecule has 0 radical (unpaired) electrons. The van der Waals surface area contributed by atoms with Crippen molar-refractivity contribution in [2.75, 3.05) is 26.2 Å². The molecule has 116 valence electrons. The maximum Gasteiger partial charge on any atom is 0.260 e. The van der Waals surface area contributed by atoms with E-state index in [0.717, 1.165) is 62.3 Å². The number of hydrogen-bond acceptors (Lipinski definition) is 3. The van der Waals surface area contributed by atoms with Gasteiger partial charge in [0, 0.05) is 25.2 Å². The predicted molar refractivity (Wildman–Crippen MR) is 84.5 cm³/mol. The second-order valence-corrected chi connectivity index (χ2v) is 5.62. The first-order valence-electron chi connectivity index (χ1n) is 7.92. The number of nitrogens with one attached hydrogen (secondary N) is 1. The summed E-state index contributed by atoms with van der Waals surface area (Å²) >= 11 is 0. The zero-order valence-electron chi connectivity index (χ0n) is 13.2. The highest BCUT2D eigenvalue weighted by atomic mass is 16.5. The Morgan fingerprint density at radius 3 is 2.81 bits per heavy atom. The number of rotatable bonds is 7. The average Bonchev–Trinajstić information content (AvgIpc) is 3.01. The minimum absolute atomic E-state index is 0.100. The summed E-state index contributed by atoms with van der Waals surface area (Å²) in [6, 6.07) is 6.12. The largest absolute Gasteiger partial charge is 0.483 e. The van der Waals surface area contributed by atoms with E-state index >= 15 is 0 Å². The predicted octanol–water partition coefficient (Wildman–Crippen LogP) is 2.50. The van der Waals surface area contributed by atoms with Crippen LogP contribution in [0.3, 0.4) is 0 Å². The first-order valence-corrected chi connectivity index (χ1v) is 7.92. The van der Waals surface area contributed by atoms with Crippen LogP contribution in [0, 0.1) is 6.92 Å². The molecule has 0 spiro atoms. The van der Waals surface area contributed by atoms with Gasteiger partial charge < -0.3 is 15.0 Å². The number of aryl methyl sites for hydroxylation is 1. The number of hydrogen-bond donors (Lipinski definition) is 1. The van der Waals surface area contributed by atoms with Crippen LogP contribution >= 0.6 is 0 Å². The third-order valence-electron chi connectivity index (χ3n) is 3.83. The SMILES string of the molecule is CCCNCc1cccc(C)c1OCC(=O)N1CCCC1. The first kappa shape index (κ1) is 15.8. The summed E-state index contributed by atoms with van der Waals surface area (Å²) in [4.78, 5) is 14.0. The van der Waals surface area contributed by atoms with Gasteiger partial charge in [0.15, 0.2) is 6.61 Å². The number of amides is 1. The van der Waals surface area contributed by atoms with E-state index in [0.29, 0.717) is 0 Å². The zero-order chi connectivity index (χ0) is 15.1. The van der Waals surface area contributed by atoms with Crippen molar-refractivity contribution in [3.05, 3.63) is 29.3 Å². The summed E-state index contributed by atoms with van der Waals surface area (Å²) in [5, 5.41) is 3.39. The zero-order valence-corrected chi connectivity index (χ0v) is 13.2. The van der Waals surface area contributed by atoms with Gasteiger partial charge in [0.2, 0.25) is 0 Å². The second kappa shape index (κ2) is 8.03. The number of ether oxygens (including phenoxy) is 1. The van der Waals surface area contributed by atoms with Crippen molar-refractivity contribution >= 4 is 5.91 Å². The van der Waals surface area contributed by atoms with Crippen LogP contribution in [0.5, 0.6) is 5.75 Å². The number of carbonyl (C=O) groups excluding carboxylic acids is 1. The Labute approximate surface area is 127 Å². The minimum Gasteiger partial charge on any atom is -0.483 e. The van der Waals surface area contributed by atoms with Gasteiger partial charge in [-0.1, -0.05) is 25.1 Å². The highest BCUT2D eigenvalue weighted by molar-refractivity contribution is 5.78. The molecule has 1 N–H and O–H groups in total. The van der Waals surface area contributed by atoms with Gasteiger partial charge in [-0.2, -0.15) is 0 Å². The van der Waals surface area contributed by atoms with Crippen molar-refractivity contribution in [3.8, 4) is 5.75 Å². The van der Waals surface area contributed by atoms with Gasteiger partial charge in [-0.25, -0.2) is 0 Å². The van der Waals surface area contributed by atoms with Gasteiger partial charge >= 0.3 is 0 Å². The number of benzene rings is 1. The van der Waals surface area contributed by atoms with Crippen LogP contribution in [-0.2, 0) is 11.3 Å². The molecule has 1 fully saturated rings. The lowest BCUT2D eigenvalue weighted by Crippen LogP contribution is -2.32. The van der Waals surface area contributed by atoms with Crippen molar-refractivity contribution in [2.45, 2.75) is 39.7 Å². The molecule has 0 aromatic heterocycles. The Morgan fingerprint density at radius 1 is 1.33 bits per heavy atom. The van der Waals surface area contributed by atoms with E-state index in [2.05, 4.69) is 18.3 Å². The van der Waals surface area contributed by atoms with Crippen molar-refractivity contribution in [1.29, 1.82) is 0 Å². The number of nitrogens with zero attached hydrogens (tertiary/aromatic N) is 1. The molecular weight excluding hydrogens is 264 g/mol. The van der Waals surface area contributed by atoms with Crippen molar-refractivity contribution < 1.29 is 9.53 Å². The summed E-state index contributed by atoms with van der Waals surface area (Å²) < 4.78 is 5.84. The van der Waals surface area contributed by atoms with Crippen LogP contribution < -0.4 is 10.1 Å². The van der Waals surface area contributed by atoms with E-state index in [1.807, 2.05) is 24.0 Å². The third-order valence-corrected chi connectivity index (χ3v) is 3.83. The molecule has 1 amide bonds. The molecule has 0 atom stereocenters. The molecule has 0 bridgehead atoms. The van der Waals surface area contributed by atoms with Crippen molar-refractivity contribution in [2.24, 2.45) is 0 Å². The molecule has 0 saturated carbocycles. The van der Waals surface area contributed by atoms with Gasteiger partial charge in [0.25, 0.3) is 5.91 Å². The lowest BCUT2D eigenvalue weighted by atomic mass is 10.1. The fraction of sp³-hybridized carbons (Fsp3) is 0.588. The van der Waals surface area contributed by atoms with E-state index in [4.69, 9.17) is 4.74 Å². The minimum atomic E-state index is 0.100. The van der Waals surface area contributed by atoms with Gasteiger partial charge in [0.05, 0.1) is 0 Å². The normalized spacial score (nSPS) is 14.5. The molecule has 4 heteroatoms. The van der Waals surface area contributed by atoms with Crippen LogP contribution in [0.4, 0.5) is 0 Å². The molecule has 0 aliphatic carbocycles. The van der Waals surface area contributed by atoms with E-state index in [-0.39, 0.29) is 12.5 Å². The Bertz CT molecular complexity index is 468. The highest BCUT2D eigenvalue weighted by Gasteiger charge is 2.19. The molecule has 1 heterocycles. The summed E-state index contributed by atoms with van der Waals surface area (Å²) in [6.45, 7) is 7.84. The lowest BCUT2D eigenvalue weighted by Gasteiger charge is -2.18. The van der Waals surface area contributed by atoms with Gasteiger partial charge in [-0.15, -0.1) is 0 Å². The summed E-state index contributed by atoms with van der Waals surface area (Å²) in [5.74, 6) is 0.955. The lowest BCUT2D eigenvalue weighted by molar-refractivity contribution is -0.132. The fourth-order valence-corrected chi connectivity index (χ4v) is 2.65. The smallest absolute Gasteiger partial charge is 0.260 e. The molecule has 1 aromatic carbocycles. The fourth-order valence-electron chi connectivity index (χ4n) is 2.65. The van der Waals surface area contributed by atoms with Crippen molar-refractivity contribution in [3.63, 3.8) is 0 Å². The van der Waals surface area contributed by atoms with E-state index in [9.17, 15) is 4.79 Å². The van der Waals surface area contributed by atoms with E-state index in [1.54, 1.807) is 0 Å². The van der Waals surface area contributed by atoms with Crippen LogP contribution in [0.1, 0.15) is 37.3 Å². The average molecular weight is 290 g/mol. The topological polar surface area (TPSA) is 41.6 Å². The Hall–Kier alpha value is -1.55. The Morgan fingerprint density at radius 2 is 2.10 bits per heavy atom. The Kier molecular flexibility index (Phi) is 6.05. The molecule has 1 aliphatic heterocycles. The summed E-state index contributed by atoms with van der Waals surface area (Å²) in [7, 11) is 0. The molecule has 0 unspecified atom stereocenters. The van der Waals surface area contributed by atoms with Crippen LogP contribution in [0.2, 0.25) is 0 Å². The van der Waals surface area contributed by atoms with E-state index < -0.39 is 0 Å².